The van der Waals surface area contributed by atoms with Crippen LogP contribution in [0, 0.1) is 17.1 Å². The van der Waals surface area contributed by atoms with E-state index in [0.717, 1.165) is 6.20 Å². The number of hydrogen-bond acceptors (Lipinski definition) is 4. The van der Waals surface area contributed by atoms with Gasteiger partial charge in [0.25, 0.3) is 0 Å². The van der Waals surface area contributed by atoms with Gasteiger partial charge in [0.2, 0.25) is 0 Å². The lowest BCUT2D eigenvalue weighted by Crippen LogP contribution is -2.18. The zero-order valence-electron chi connectivity index (χ0n) is 7.26. The molecular weight excluding hydrogens is 187 g/mol. The molecule has 0 aliphatic heterocycles. The zero-order valence-corrected chi connectivity index (χ0v) is 7.26. The summed E-state index contributed by atoms with van der Waals surface area (Å²) >= 11 is 0. The molecular formula is C9H9FN2O2. The Bertz CT molecular complexity index is 351. The van der Waals surface area contributed by atoms with Crippen LogP contribution in [0.1, 0.15) is 18.1 Å². The predicted molar refractivity (Wildman–Crippen MR) is 45.4 cm³/mol. The van der Waals surface area contributed by atoms with E-state index in [1.807, 2.05) is 0 Å². The maximum Gasteiger partial charge on any atom is 0.147 e. The Morgan fingerprint density at radius 2 is 2.29 bits per heavy atom. The van der Waals surface area contributed by atoms with Gasteiger partial charge >= 0.3 is 0 Å². The standard InChI is InChI=1S/C9H9FN2O2/c10-7-5-12-4-2-6(7)9(14)8(13)1-3-11/h2,4-5,8-9,13-14H,1H2. The van der Waals surface area contributed by atoms with Crippen LogP contribution in [0.4, 0.5) is 4.39 Å². The second kappa shape index (κ2) is 4.65. The van der Waals surface area contributed by atoms with Crippen LogP contribution in [0.2, 0.25) is 0 Å². The molecule has 0 saturated carbocycles. The minimum absolute atomic E-state index is 0.0530. The fourth-order valence-corrected chi connectivity index (χ4v) is 1.04. The van der Waals surface area contributed by atoms with Gasteiger partial charge in [-0.15, -0.1) is 0 Å². The van der Waals surface area contributed by atoms with E-state index in [-0.39, 0.29) is 12.0 Å². The van der Waals surface area contributed by atoms with Gasteiger partial charge < -0.3 is 10.2 Å². The first-order chi connectivity index (χ1) is 6.66. The maximum absolute atomic E-state index is 13.0. The van der Waals surface area contributed by atoms with Gasteiger partial charge in [0.15, 0.2) is 0 Å². The molecule has 1 aromatic rings. The summed E-state index contributed by atoms with van der Waals surface area (Å²) in [5, 5.41) is 26.9. The van der Waals surface area contributed by atoms with Crippen LogP contribution in [0.25, 0.3) is 0 Å². The van der Waals surface area contributed by atoms with Crippen LogP contribution in [0.15, 0.2) is 18.5 Å². The second-order valence-corrected chi connectivity index (χ2v) is 2.77. The van der Waals surface area contributed by atoms with E-state index in [4.69, 9.17) is 5.26 Å². The topological polar surface area (TPSA) is 77.1 Å². The smallest absolute Gasteiger partial charge is 0.147 e. The van der Waals surface area contributed by atoms with E-state index >= 15 is 0 Å². The molecule has 1 rings (SSSR count). The molecule has 0 saturated heterocycles. The Balaban J connectivity index is 2.84. The first-order valence-corrected chi connectivity index (χ1v) is 3.99. The van der Waals surface area contributed by atoms with E-state index in [1.54, 1.807) is 6.07 Å². The highest BCUT2D eigenvalue weighted by atomic mass is 19.1. The summed E-state index contributed by atoms with van der Waals surface area (Å²) in [4.78, 5) is 3.50. The number of nitriles is 1. The summed E-state index contributed by atoms with van der Waals surface area (Å²) < 4.78 is 13.0. The average Bonchev–Trinajstić information content (AvgIpc) is 2.18. The van der Waals surface area contributed by atoms with Crippen LogP contribution in [0.3, 0.4) is 0 Å². The molecule has 5 heteroatoms. The summed E-state index contributed by atoms with van der Waals surface area (Å²) in [5.41, 5.74) is -0.0530. The third-order valence-corrected chi connectivity index (χ3v) is 1.79. The first-order valence-electron chi connectivity index (χ1n) is 3.99. The summed E-state index contributed by atoms with van der Waals surface area (Å²) in [6, 6.07) is 2.95. The highest BCUT2D eigenvalue weighted by molar-refractivity contribution is 5.17. The van der Waals surface area contributed by atoms with Crippen LogP contribution >= 0.6 is 0 Å². The van der Waals surface area contributed by atoms with Crippen LogP contribution in [-0.2, 0) is 0 Å². The van der Waals surface area contributed by atoms with Gasteiger partial charge in [-0.2, -0.15) is 5.26 Å². The van der Waals surface area contributed by atoms with Crippen molar-refractivity contribution in [3.05, 3.63) is 29.8 Å². The molecule has 0 aliphatic carbocycles. The average molecular weight is 196 g/mol. The van der Waals surface area contributed by atoms with Crippen molar-refractivity contribution in [2.24, 2.45) is 0 Å². The Labute approximate surface area is 80.3 Å². The van der Waals surface area contributed by atoms with Gasteiger partial charge in [0.1, 0.15) is 11.9 Å². The second-order valence-electron chi connectivity index (χ2n) is 2.77. The lowest BCUT2D eigenvalue weighted by Gasteiger charge is -2.15. The monoisotopic (exact) mass is 196 g/mol. The fourth-order valence-electron chi connectivity index (χ4n) is 1.04. The molecule has 0 spiro atoms. The van der Waals surface area contributed by atoms with E-state index in [0.29, 0.717) is 0 Å². The number of nitrogens with zero attached hydrogens (tertiary/aromatic N) is 2. The Morgan fingerprint density at radius 1 is 1.57 bits per heavy atom. The molecule has 4 nitrogen and oxygen atoms in total. The summed E-state index contributed by atoms with van der Waals surface area (Å²) in [7, 11) is 0. The van der Waals surface area contributed by atoms with Gasteiger partial charge in [-0.25, -0.2) is 4.39 Å². The number of aromatic nitrogens is 1. The third kappa shape index (κ3) is 2.25. The van der Waals surface area contributed by atoms with Crippen molar-refractivity contribution < 1.29 is 14.6 Å². The minimum atomic E-state index is -1.39. The number of aliphatic hydroxyl groups is 2. The molecule has 0 radical (unpaired) electrons. The SMILES string of the molecule is N#CCC(O)C(O)c1ccncc1F. The molecule has 0 amide bonds. The van der Waals surface area contributed by atoms with E-state index in [1.165, 1.54) is 12.3 Å². The van der Waals surface area contributed by atoms with Crippen LogP contribution < -0.4 is 0 Å². The number of pyridine rings is 1. The molecule has 0 aromatic carbocycles. The van der Waals surface area contributed by atoms with Gasteiger partial charge in [-0.1, -0.05) is 0 Å². The van der Waals surface area contributed by atoms with Crippen LogP contribution in [0.5, 0.6) is 0 Å². The van der Waals surface area contributed by atoms with E-state index in [2.05, 4.69) is 4.98 Å². The molecule has 1 heterocycles. The number of halogens is 1. The Kier molecular flexibility index (Phi) is 3.51. The molecule has 2 atom stereocenters. The molecule has 2 unspecified atom stereocenters. The number of aliphatic hydroxyl groups excluding tert-OH is 2. The summed E-state index contributed by atoms with van der Waals surface area (Å²) in [5.74, 6) is -0.697. The van der Waals surface area contributed by atoms with Crippen molar-refractivity contribution in [2.75, 3.05) is 0 Å². The van der Waals surface area contributed by atoms with Crippen LogP contribution in [-0.4, -0.2) is 21.3 Å². The van der Waals surface area contributed by atoms with Crippen molar-refractivity contribution in [1.29, 1.82) is 5.26 Å². The molecule has 1 aromatic heterocycles. The van der Waals surface area contributed by atoms with Crippen molar-refractivity contribution in [3.63, 3.8) is 0 Å². The quantitative estimate of drug-likeness (QED) is 0.739. The highest BCUT2D eigenvalue weighted by Crippen LogP contribution is 2.20. The molecule has 0 fully saturated rings. The molecule has 14 heavy (non-hydrogen) atoms. The molecule has 2 N–H and O–H groups in total. The highest BCUT2D eigenvalue weighted by Gasteiger charge is 2.20. The lowest BCUT2D eigenvalue weighted by molar-refractivity contribution is 0.0194. The predicted octanol–water partition coefficient (Wildman–Crippen LogP) is 0.529. The van der Waals surface area contributed by atoms with Crippen molar-refractivity contribution >= 4 is 0 Å². The first kappa shape index (κ1) is 10.6. The van der Waals surface area contributed by atoms with E-state index < -0.39 is 18.0 Å². The normalized spacial score (nSPS) is 14.4. The van der Waals surface area contributed by atoms with Gasteiger partial charge in [-0.05, 0) is 6.07 Å². The third-order valence-electron chi connectivity index (χ3n) is 1.79. The zero-order chi connectivity index (χ0) is 10.6. The molecule has 74 valence electrons. The Morgan fingerprint density at radius 3 is 2.86 bits per heavy atom. The summed E-state index contributed by atoms with van der Waals surface area (Å²) in [6.07, 6.45) is -0.670. The van der Waals surface area contributed by atoms with Crippen molar-refractivity contribution in [1.82, 2.24) is 4.98 Å². The molecule has 0 aliphatic rings. The summed E-state index contributed by atoms with van der Waals surface area (Å²) in [6.45, 7) is 0. The molecule has 0 bridgehead atoms. The number of hydrogen-bond donors (Lipinski definition) is 2. The van der Waals surface area contributed by atoms with E-state index in [9.17, 15) is 14.6 Å². The van der Waals surface area contributed by atoms with Gasteiger partial charge in [0.05, 0.1) is 24.8 Å². The van der Waals surface area contributed by atoms with Crippen molar-refractivity contribution in [2.45, 2.75) is 18.6 Å². The van der Waals surface area contributed by atoms with Gasteiger partial charge in [-0.3, -0.25) is 4.98 Å². The van der Waals surface area contributed by atoms with Gasteiger partial charge in [0, 0.05) is 11.8 Å². The lowest BCUT2D eigenvalue weighted by atomic mass is 10.0. The number of rotatable bonds is 3. The minimum Gasteiger partial charge on any atom is -0.389 e. The van der Waals surface area contributed by atoms with Crippen molar-refractivity contribution in [3.8, 4) is 6.07 Å². The Hall–Kier alpha value is -1.51. The largest absolute Gasteiger partial charge is 0.389 e. The maximum atomic E-state index is 13.0. The fraction of sp³-hybridized carbons (Fsp3) is 0.333.